The molecule has 0 aliphatic rings. The van der Waals surface area contributed by atoms with Gasteiger partial charge in [-0.1, -0.05) is 17.7 Å². The lowest BCUT2D eigenvalue weighted by Crippen LogP contribution is -2.34. The van der Waals surface area contributed by atoms with Crippen molar-refractivity contribution in [2.45, 2.75) is 26.4 Å². The first-order valence-electron chi connectivity index (χ1n) is 5.46. The molecular weight excluding hydrogens is 224 g/mol. The first-order chi connectivity index (χ1) is 7.61. The number of nitrogens with zero attached hydrogens (tertiary/aromatic N) is 1. The van der Waals surface area contributed by atoms with E-state index < -0.39 is 0 Å². The minimum Gasteiger partial charge on any atom is -0.395 e. The molecule has 1 aromatic carbocycles. The lowest BCUT2D eigenvalue weighted by atomic mass is 10.1. The Bertz CT molecular complexity index is 342. The fraction of sp³-hybridized carbons (Fsp3) is 0.500. The van der Waals surface area contributed by atoms with E-state index in [9.17, 15) is 0 Å². The average Bonchev–Trinajstić information content (AvgIpc) is 2.25. The fourth-order valence-corrected chi connectivity index (χ4v) is 2.03. The largest absolute Gasteiger partial charge is 0.395 e. The zero-order valence-corrected chi connectivity index (χ0v) is 10.5. The van der Waals surface area contributed by atoms with Crippen molar-refractivity contribution in [1.82, 2.24) is 0 Å². The van der Waals surface area contributed by atoms with Crippen LogP contribution < -0.4 is 10.6 Å². The third-order valence-electron chi connectivity index (χ3n) is 2.57. The predicted molar refractivity (Wildman–Crippen MR) is 68.9 cm³/mol. The normalized spacial score (nSPS) is 10.9. The highest BCUT2D eigenvalue weighted by Crippen LogP contribution is 2.28. The third-order valence-corrected chi connectivity index (χ3v) is 2.93. The van der Waals surface area contributed by atoms with Gasteiger partial charge in [-0.05, 0) is 26.0 Å². The van der Waals surface area contributed by atoms with Gasteiger partial charge in [0, 0.05) is 35.4 Å². The van der Waals surface area contributed by atoms with Gasteiger partial charge in [-0.3, -0.25) is 0 Å². The van der Waals surface area contributed by atoms with Crippen LogP contribution in [0.4, 0.5) is 5.69 Å². The zero-order valence-electron chi connectivity index (χ0n) is 9.78. The maximum Gasteiger partial charge on any atom is 0.0606 e. The zero-order chi connectivity index (χ0) is 12.1. The summed E-state index contributed by atoms with van der Waals surface area (Å²) in [5, 5.41) is 9.76. The summed E-state index contributed by atoms with van der Waals surface area (Å²) in [4.78, 5) is 2.11. The van der Waals surface area contributed by atoms with Crippen LogP contribution in [0.25, 0.3) is 0 Å². The maximum absolute atomic E-state index is 9.07. The van der Waals surface area contributed by atoms with Crippen molar-refractivity contribution in [2.24, 2.45) is 5.73 Å². The van der Waals surface area contributed by atoms with Crippen molar-refractivity contribution in [3.8, 4) is 0 Å². The Morgan fingerprint density at radius 2 is 2.12 bits per heavy atom. The second kappa shape index (κ2) is 6.09. The molecule has 0 spiro atoms. The molecule has 0 radical (unpaired) electrons. The molecule has 0 amide bonds. The number of aliphatic hydroxyl groups is 1. The van der Waals surface area contributed by atoms with Crippen LogP contribution in [0, 0.1) is 0 Å². The van der Waals surface area contributed by atoms with E-state index >= 15 is 0 Å². The molecule has 0 saturated carbocycles. The number of nitrogens with two attached hydrogens (primary N) is 1. The van der Waals surface area contributed by atoms with Crippen LogP contribution in [0.15, 0.2) is 18.2 Å². The Kier molecular flexibility index (Phi) is 5.06. The van der Waals surface area contributed by atoms with E-state index in [4.69, 9.17) is 22.4 Å². The molecule has 1 rings (SSSR count). The van der Waals surface area contributed by atoms with Gasteiger partial charge in [0.2, 0.25) is 0 Å². The van der Waals surface area contributed by atoms with Gasteiger partial charge < -0.3 is 15.7 Å². The second-order valence-corrected chi connectivity index (χ2v) is 4.36. The van der Waals surface area contributed by atoms with Crippen molar-refractivity contribution in [3.63, 3.8) is 0 Å². The monoisotopic (exact) mass is 242 g/mol. The third kappa shape index (κ3) is 2.88. The van der Waals surface area contributed by atoms with Gasteiger partial charge in [0.25, 0.3) is 0 Å². The van der Waals surface area contributed by atoms with Gasteiger partial charge in [0.15, 0.2) is 0 Å². The molecule has 3 N–H and O–H groups in total. The molecule has 0 atom stereocenters. The van der Waals surface area contributed by atoms with Crippen molar-refractivity contribution in [3.05, 3.63) is 28.8 Å². The summed E-state index contributed by atoms with van der Waals surface area (Å²) in [6.07, 6.45) is 0. The molecule has 3 nitrogen and oxygen atoms in total. The Morgan fingerprint density at radius 3 is 2.62 bits per heavy atom. The highest BCUT2D eigenvalue weighted by Gasteiger charge is 2.14. The smallest absolute Gasteiger partial charge is 0.0606 e. The van der Waals surface area contributed by atoms with E-state index in [0.717, 1.165) is 11.3 Å². The Hall–Kier alpha value is -0.770. The molecular formula is C12H19ClN2O. The minimum atomic E-state index is 0.120. The number of halogens is 1. The Balaban J connectivity index is 3.12. The van der Waals surface area contributed by atoms with E-state index in [-0.39, 0.29) is 6.61 Å². The van der Waals surface area contributed by atoms with Gasteiger partial charge in [-0.2, -0.15) is 0 Å². The first-order valence-corrected chi connectivity index (χ1v) is 5.84. The topological polar surface area (TPSA) is 49.5 Å². The Morgan fingerprint density at radius 1 is 1.44 bits per heavy atom. The van der Waals surface area contributed by atoms with Gasteiger partial charge in [-0.25, -0.2) is 0 Å². The number of hydrogen-bond donors (Lipinski definition) is 2. The lowest BCUT2D eigenvalue weighted by Gasteiger charge is -2.30. The summed E-state index contributed by atoms with van der Waals surface area (Å²) in [5.41, 5.74) is 7.66. The van der Waals surface area contributed by atoms with Crippen molar-refractivity contribution in [1.29, 1.82) is 0 Å². The maximum atomic E-state index is 9.07. The highest BCUT2D eigenvalue weighted by atomic mass is 35.5. The molecule has 90 valence electrons. The molecule has 0 unspecified atom stereocenters. The molecule has 4 heteroatoms. The van der Waals surface area contributed by atoms with E-state index in [1.807, 2.05) is 18.2 Å². The molecule has 0 heterocycles. The number of rotatable bonds is 5. The number of benzene rings is 1. The van der Waals surface area contributed by atoms with E-state index in [1.165, 1.54) is 0 Å². The molecule has 0 saturated heterocycles. The molecule has 0 aromatic heterocycles. The van der Waals surface area contributed by atoms with Crippen molar-refractivity contribution in [2.75, 3.05) is 18.1 Å². The van der Waals surface area contributed by atoms with Crippen molar-refractivity contribution < 1.29 is 5.11 Å². The number of hydrogen-bond acceptors (Lipinski definition) is 3. The summed E-state index contributed by atoms with van der Waals surface area (Å²) in [6, 6.07) is 6.04. The highest BCUT2D eigenvalue weighted by molar-refractivity contribution is 6.31. The van der Waals surface area contributed by atoms with E-state index in [2.05, 4.69) is 18.7 Å². The standard InChI is InChI=1S/C12H19ClN2O/c1-9(2)15(6-7-16)12-5-3-4-11(13)10(12)8-14/h3-5,9,16H,6-8,14H2,1-2H3. The second-order valence-electron chi connectivity index (χ2n) is 3.95. The van der Waals surface area contributed by atoms with Gasteiger partial charge in [0.05, 0.1) is 6.61 Å². The average molecular weight is 243 g/mol. The van der Waals surface area contributed by atoms with Gasteiger partial charge in [-0.15, -0.1) is 0 Å². The summed E-state index contributed by atoms with van der Waals surface area (Å²) >= 11 is 6.11. The SMILES string of the molecule is CC(C)N(CCO)c1cccc(Cl)c1CN. The van der Waals surface area contributed by atoms with Crippen LogP contribution in [0.3, 0.4) is 0 Å². The van der Waals surface area contributed by atoms with Crippen molar-refractivity contribution >= 4 is 17.3 Å². The molecule has 0 aliphatic carbocycles. The molecule has 16 heavy (non-hydrogen) atoms. The number of aliphatic hydroxyl groups excluding tert-OH is 1. The van der Waals surface area contributed by atoms with Crippen LogP contribution in [0.5, 0.6) is 0 Å². The van der Waals surface area contributed by atoms with Crippen LogP contribution in [-0.4, -0.2) is 24.3 Å². The van der Waals surface area contributed by atoms with Gasteiger partial charge >= 0.3 is 0 Å². The summed E-state index contributed by atoms with van der Waals surface area (Å²) < 4.78 is 0. The lowest BCUT2D eigenvalue weighted by molar-refractivity contribution is 0.299. The molecule has 1 aromatic rings. The number of anilines is 1. The quantitative estimate of drug-likeness (QED) is 0.831. The van der Waals surface area contributed by atoms with Crippen LogP contribution in [0.1, 0.15) is 19.4 Å². The summed E-state index contributed by atoms with van der Waals surface area (Å²) in [6.45, 7) is 5.27. The minimum absolute atomic E-state index is 0.120. The van der Waals surface area contributed by atoms with E-state index in [0.29, 0.717) is 24.2 Å². The summed E-state index contributed by atoms with van der Waals surface area (Å²) in [5.74, 6) is 0. The fourth-order valence-electron chi connectivity index (χ4n) is 1.78. The van der Waals surface area contributed by atoms with Crippen LogP contribution in [0.2, 0.25) is 5.02 Å². The molecule has 0 aliphatic heterocycles. The molecule has 0 bridgehead atoms. The van der Waals surface area contributed by atoms with Gasteiger partial charge in [0.1, 0.15) is 0 Å². The first kappa shape index (κ1) is 13.3. The van der Waals surface area contributed by atoms with Crippen LogP contribution in [-0.2, 0) is 6.54 Å². The van der Waals surface area contributed by atoms with Crippen LogP contribution >= 0.6 is 11.6 Å². The Labute approximate surface area is 102 Å². The van der Waals surface area contributed by atoms with E-state index in [1.54, 1.807) is 0 Å². The summed E-state index contributed by atoms with van der Waals surface area (Å²) in [7, 11) is 0. The molecule has 0 fully saturated rings. The predicted octanol–water partition coefficient (Wildman–Crippen LogP) is 2.01.